The molecule has 27 heavy (non-hydrogen) atoms. The highest BCUT2D eigenvalue weighted by atomic mass is 16.5. The Labute approximate surface area is 157 Å². The fourth-order valence-corrected chi connectivity index (χ4v) is 3.63. The number of para-hydroxylation sites is 1. The number of nitrogens with one attached hydrogen (secondary N) is 1. The van der Waals surface area contributed by atoms with E-state index >= 15 is 0 Å². The number of benzene rings is 2. The van der Waals surface area contributed by atoms with Crippen molar-refractivity contribution in [1.29, 1.82) is 0 Å². The van der Waals surface area contributed by atoms with Gasteiger partial charge in [-0.3, -0.25) is 9.67 Å². The maximum absolute atomic E-state index is 5.90. The van der Waals surface area contributed by atoms with Gasteiger partial charge in [0.1, 0.15) is 17.2 Å². The quantitative estimate of drug-likeness (QED) is 0.588. The Morgan fingerprint density at radius 2 is 1.78 bits per heavy atom. The van der Waals surface area contributed by atoms with Crippen molar-refractivity contribution in [3.63, 3.8) is 0 Å². The number of rotatable bonds is 4. The lowest BCUT2D eigenvalue weighted by Gasteiger charge is -2.10. The molecule has 5 nitrogen and oxygen atoms in total. The minimum absolute atomic E-state index is 0.393. The Hall–Kier alpha value is -3.18. The van der Waals surface area contributed by atoms with Gasteiger partial charge < -0.3 is 10.1 Å². The molecular weight excluding hydrogens is 336 g/mol. The molecule has 0 saturated carbocycles. The fourth-order valence-electron chi connectivity index (χ4n) is 3.63. The average molecular weight is 356 g/mol. The van der Waals surface area contributed by atoms with Gasteiger partial charge in [0.15, 0.2) is 0 Å². The van der Waals surface area contributed by atoms with Gasteiger partial charge in [-0.1, -0.05) is 18.2 Å². The first-order chi connectivity index (χ1) is 13.4. The molecule has 1 unspecified atom stereocenters. The van der Waals surface area contributed by atoms with Crippen LogP contribution in [0.4, 0.5) is 0 Å². The normalized spacial score (nSPS) is 16.7. The zero-order valence-electron chi connectivity index (χ0n) is 14.9. The predicted molar refractivity (Wildman–Crippen MR) is 106 cm³/mol. The zero-order chi connectivity index (χ0) is 18.1. The summed E-state index contributed by atoms with van der Waals surface area (Å²) < 4.78 is 8.05. The van der Waals surface area contributed by atoms with E-state index in [1.807, 2.05) is 54.9 Å². The Bertz CT molecular complexity index is 1050. The van der Waals surface area contributed by atoms with Gasteiger partial charge in [0.2, 0.25) is 0 Å². The molecular formula is C22H20N4O. The molecule has 4 aromatic rings. The van der Waals surface area contributed by atoms with E-state index in [1.165, 1.54) is 0 Å². The SMILES string of the molecule is c1ccc(Oc2ccc(-c3nn(C4CCNC4)c4ccncc34)cc2)cc1. The summed E-state index contributed by atoms with van der Waals surface area (Å²) in [6.07, 6.45) is 4.84. The van der Waals surface area contributed by atoms with Crippen molar-refractivity contribution < 1.29 is 4.74 Å². The summed E-state index contributed by atoms with van der Waals surface area (Å²) in [7, 11) is 0. The molecule has 3 heterocycles. The Morgan fingerprint density at radius 3 is 2.56 bits per heavy atom. The van der Waals surface area contributed by atoms with E-state index in [1.54, 1.807) is 0 Å². The van der Waals surface area contributed by atoms with Crippen LogP contribution in [0.15, 0.2) is 73.1 Å². The summed E-state index contributed by atoms with van der Waals surface area (Å²) in [5.74, 6) is 1.64. The largest absolute Gasteiger partial charge is 0.457 e. The number of aromatic nitrogens is 3. The summed E-state index contributed by atoms with van der Waals surface area (Å²) >= 11 is 0. The first-order valence-electron chi connectivity index (χ1n) is 9.25. The van der Waals surface area contributed by atoms with Crippen molar-refractivity contribution in [2.45, 2.75) is 12.5 Å². The monoisotopic (exact) mass is 356 g/mol. The van der Waals surface area contributed by atoms with Crippen molar-refractivity contribution in [2.75, 3.05) is 13.1 Å². The minimum Gasteiger partial charge on any atom is -0.457 e. The van der Waals surface area contributed by atoms with Crippen LogP contribution in [0.5, 0.6) is 11.5 Å². The topological polar surface area (TPSA) is 52.0 Å². The van der Waals surface area contributed by atoms with E-state index in [4.69, 9.17) is 9.84 Å². The molecule has 1 atom stereocenters. The van der Waals surface area contributed by atoms with Crippen LogP contribution >= 0.6 is 0 Å². The molecule has 1 saturated heterocycles. The van der Waals surface area contributed by atoms with Crippen LogP contribution in [-0.4, -0.2) is 27.9 Å². The van der Waals surface area contributed by atoms with Crippen molar-refractivity contribution >= 4 is 10.9 Å². The molecule has 5 heteroatoms. The van der Waals surface area contributed by atoms with Gasteiger partial charge in [0.25, 0.3) is 0 Å². The number of fused-ring (bicyclic) bond motifs is 1. The van der Waals surface area contributed by atoms with Gasteiger partial charge in [0, 0.05) is 29.9 Å². The lowest BCUT2D eigenvalue weighted by Crippen LogP contribution is -2.14. The van der Waals surface area contributed by atoms with E-state index in [0.717, 1.165) is 53.2 Å². The molecule has 0 radical (unpaired) electrons. The second-order valence-corrected chi connectivity index (χ2v) is 6.77. The van der Waals surface area contributed by atoms with Crippen LogP contribution in [-0.2, 0) is 0 Å². The van der Waals surface area contributed by atoms with Crippen LogP contribution in [0.2, 0.25) is 0 Å². The molecule has 1 fully saturated rings. The second kappa shape index (κ2) is 6.85. The van der Waals surface area contributed by atoms with Crippen LogP contribution < -0.4 is 10.1 Å². The third-order valence-electron chi connectivity index (χ3n) is 4.99. The van der Waals surface area contributed by atoms with Crippen molar-refractivity contribution in [3.05, 3.63) is 73.1 Å². The Kier molecular flexibility index (Phi) is 4.07. The first kappa shape index (κ1) is 16.0. The standard InChI is InChI=1S/C22H20N4O/c1-2-4-18(5-3-1)27-19-8-6-16(7-9-19)22-20-15-24-13-11-21(20)26(25-22)17-10-12-23-14-17/h1-9,11,13,15,17,23H,10,12,14H2. The number of hydrogen-bond acceptors (Lipinski definition) is 4. The highest BCUT2D eigenvalue weighted by molar-refractivity contribution is 5.92. The van der Waals surface area contributed by atoms with E-state index in [0.29, 0.717) is 6.04 Å². The summed E-state index contributed by atoms with van der Waals surface area (Å²) in [5, 5.41) is 9.46. The molecule has 1 aliphatic heterocycles. The van der Waals surface area contributed by atoms with Gasteiger partial charge in [-0.25, -0.2) is 0 Å². The number of ether oxygens (including phenoxy) is 1. The molecule has 0 spiro atoms. The van der Waals surface area contributed by atoms with Crippen LogP contribution in [0.1, 0.15) is 12.5 Å². The van der Waals surface area contributed by atoms with Crippen molar-refractivity contribution in [3.8, 4) is 22.8 Å². The average Bonchev–Trinajstić information content (AvgIpc) is 3.37. The highest BCUT2D eigenvalue weighted by Gasteiger charge is 2.21. The molecule has 1 N–H and O–H groups in total. The first-order valence-corrected chi connectivity index (χ1v) is 9.25. The third kappa shape index (κ3) is 3.06. The van der Waals surface area contributed by atoms with Gasteiger partial charge in [0.05, 0.1) is 11.6 Å². The van der Waals surface area contributed by atoms with E-state index < -0.39 is 0 Å². The van der Waals surface area contributed by atoms with Gasteiger partial charge in [-0.2, -0.15) is 5.10 Å². The number of hydrogen-bond donors (Lipinski definition) is 1. The third-order valence-corrected chi connectivity index (χ3v) is 4.99. The summed E-state index contributed by atoms with van der Waals surface area (Å²) in [5.41, 5.74) is 3.17. The molecule has 134 valence electrons. The molecule has 2 aromatic heterocycles. The molecule has 2 aromatic carbocycles. The molecule has 0 bridgehead atoms. The summed E-state index contributed by atoms with van der Waals surface area (Å²) in [6.45, 7) is 2.00. The lowest BCUT2D eigenvalue weighted by molar-refractivity contribution is 0.483. The molecule has 0 amide bonds. The maximum atomic E-state index is 5.90. The molecule has 0 aliphatic carbocycles. The maximum Gasteiger partial charge on any atom is 0.127 e. The van der Waals surface area contributed by atoms with E-state index in [-0.39, 0.29) is 0 Å². The lowest BCUT2D eigenvalue weighted by atomic mass is 10.1. The minimum atomic E-state index is 0.393. The molecule has 5 rings (SSSR count). The number of pyridine rings is 1. The smallest absolute Gasteiger partial charge is 0.127 e. The van der Waals surface area contributed by atoms with Crippen LogP contribution in [0.25, 0.3) is 22.2 Å². The highest BCUT2D eigenvalue weighted by Crippen LogP contribution is 2.32. The van der Waals surface area contributed by atoms with Crippen molar-refractivity contribution in [2.24, 2.45) is 0 Å². The second-order valence-electron chi connectivity index (χ2n) is 6.77. The fraction of sp³-hybridized carbons (Fsp3) is 0.182. The van der Waals surface area contributed by atoms with Gasteiger partial charge in [-0.15, -0.1) is 0 Å². The summed E-state index contributed by atoms with van der Waals surface area (Å²) in [6, 6.07) is 20.3. The Morgan fingerprint density at radius 1 is 0.963 bits per heavy atom. The molecule has 1 aliphatic rings. The Balaban J connectivity index is 1.50. The van der Waals surface area contributed by atoms with E-state index in [2.05, 4.69) is 33.2 Å². The summed E-state index contributed by atoms with van der Waals surface area (Å²) in [4.78, 5) is 4.32. The van der Waals surface area contributed by atoms with Crippen molar-refractivity contribution in [1.82, 2.24) is 20.1 Å². The van der Waals surface area contributed by atoms with Gasteiger partial charge in [-0.05, 0) is 55.4 Å². The van der Waals surface area contributed by atoms with E-state index in [9.17, 15) is 0 Å². The zero-order valence-corrected chi connectivity index (χ0v) is 14.9. The van der Waals surface area contributed by atoms with Crippen LogP contribution in [0, 0.1) is 0 Å². The predicted octanol–water partition coefficient (Wildman–Crippen LogP) is 4.43. The number of nitrogens with zero attached hydrogens (tertiary/aromatic N) is 3. The van der Waals surface area contributed by atoms with Gasteiger partial charge >= 0.3 is 0 Å². The van der Waals surface area contributed by atoms with Crippen LogP contribution in [0.3, 0.4) is 0 Å².